The number of anilines is 1. The van der Waals surface area contributed by atoms with Crippen LogP contribution in [0.15, 0.2) is 18.3 Å². The number of nitrogens with zero attached hydrogens (tertiary/aromatic N) is 3. The average Bonchev–Trinajstić information content (AvgIpc) is 2.52. The second-order valence-corrected chi connectivity index (χ2v) is 4.71. The van der Waals surface area contributed by atoms with E-state index < -0.39 is 6.10 Å². The number of aliphatic hydroxyl groups excluding tert-OH is 1. The molecule has 5 heteroatoms. The Kier molecular flexibility index (Phi) is 3.81. The van der Waals surface area contributed by atoms with E-state index in [-0.39, 0.29) is 5.91 Å². The normalized spacial score (nSPS) is 18.7. The first-order chi connectivity index (χ1) is 8.58. The van der Waals surface area contributed by atoms with Gasteiger partial charge in [-0.1, -0.05) is 0 Å². The van der Waals surface area contributed by atoms with Crippen LogP contribution in [0.5, 0.6) is 0 Å². The van der Waals surface area contributed by atoms with E-state index in [1.165, 1.54) is 0 Å². The molecule has 0 aromatic carbocycles. The summed E-state index contributed by atoms with van der Waals surface area (Å²) in [5.74, 6) is 0.132. The lowest BCUT2D eigenvalue weighted by Gasteiger charge is -2.21. The summed E-state index contributed by atoms with van der Waals surface area (Å²) >= 11 is 0. The molecule has 1 aromatic heterocycles. The van der Waals surface area contributed by atoms with Gasteiger partial charge in [0.05, 0.1) is 30.2 Å². The summed E-state index contributed by atoms with van der Waals surface area (Å²) in [6, 6.07) is 3.72. The minimum absolute atomic E-state index is 0.132. The fraction of sp³-hybridized carbons (Fsp3) is 0.538. The molecule has 1 aromatic rings. The molecule has 0 aliphatic carbocycles. The molecule has 1 saturated heterocycles. The van der Waals surface area contributed by atoms with Crippen molar-refractivity contribution in [3.63, 3.8) is 0 Å². The smallest absolute Gasteiger partial charge is 0.241 e. The summed E-state index contributed by atoms with van der Waals surface area (Å²) < 4.78 is 0. The number of carbonyl (C=O) groups excluding carboxylic acids is 1. The van der Waals surface area contributed by atoms with Gasteiger partial charge in [0.15, 0.2) is 0 Å². The van der Waals surface area contributed by atoms with Crippen LogP contribution in [-0.2, 0) is 4.79 Å². The summed E-state index contributed by atoms with van der Waals surface area (Å²) in [6.07, 6.45) is 2.12. The lowest BCUT2D eigenvalue weighted by atomic mass is 10.2. The number of pyridine rings is 1. The van der Waals surface area contributed by atoms with Gasteiger partial charge in [0.25, 0.3) is 0 Å². The Balaban J connectivity index is 2.13. The number of hydrogen-bond acceptors (Lipinski definition) is 4. The van der Waals surface area contributed by atoms with E-state index in [1.807, 2.05) is 18.0 Å². The molecule has 1 aliphatic heterocycles. The molecule has 1 atom stereocenters. The summed E-state index contributed by atoms with van der Waals surface area (Å²) in [7, 11) is 1.83. The summed E-state index contributed by atoms with van der Waals surface area (Å²) in [6.45, 7) is 3.74. The topological polar surface area (TPSA) is 56.7 Å². The number of aliphatic hydroxyl groups is 1. The third kappa shape index (κ3) is 2.79. The molecule has 1 amide bonds. The van der Waals surface area contributed by atoms with Crippen LogP contribution in [0.25, 0.3) is 0 Å². The highest BCUT2D eigenvalue weighted by Crippen LogP contribution is 2.18. The molecule has 0 spiro atoms. The maximum Gasteiger partial charge on any atom is 0.241 e. The maximum atomic E-state index is 11.8. The van der Waals surface area contributed by atoms with Crippen molar-refractivity contribution >= 4 is 11.6 Å². The van der Waals surface area contributed by atoms with Crippen LogP contribution in [-0.4, -0.2) is 47.6 Å². The highest BCUT2D eigenvalue weighted by atomic mass is 16.3. The van der Waals surface area contributed by atoms with Crippen LogP contribution < -0.4 is 4.90 Å². The van der Waals surface area contributed by atoms with Gasteiger partial charge >= 0.3 is 0 Å². The van der Waals surface area contributed by atoms with Gasteiger partial charge in [0, 0.05) is 20.1 Å². The Morgan fingerprint density at radius 2 is 2.17 bits per heavy atom. The lowest BCUT2D eigenvalue weighted by Crippen LogP contribution is -2.34. The minimum Gasteiger partial charge on any atom is -0.387 e. The molecule has 0 unspecified atom stereocenters. The number of carbonyl (C=O) groups is 1. The predicted octanol–water partition coefficient (Wildman–Crippen LogP) is 0.803. The number of aromatic nitrogens is 1. The quantitative estimate of drug-likeness (QED) is 0.842. The Labute approximate surface area is 107 Å². The van der Waals surface area contributed by atoms with Crippen LogP contribution in [0.1, 0.15) is 25.1 Å². The van der Waals surface area contributed by atoms with Gasteiger partial charge in [0.1, 0.15) is 0 Å². The summed E-state index contributed by atoms with van der Waals surface area (Å²) in [5, 5.41) is 9.41. The van der Waals surface area contributed by atoms with Gasteiger partial charge in [-0.25, -0.2) is 0 Å². The average molecular weight is 249 g/mol. The third-order valence-corrected chi connectivity index (χ3v) is 3.24. The van der Waals surface area contributed by atoms with Crippen LogP contribution in [0.4, 0.5) is 5.69 Å². The Hall–Kier alpha value is -1.62. The van der Waals surface area contributed by atoms with Gasteiger partial charge in [-0.2, -0.15) is 0 Å². The van der Waals surface area contributed by atoms with Gasteiger partial charge in [-0.3, -0.25) is 9.78 Å². The first-order valence-electron chi connectivity index (χ1n) is 6.21. The zero-order chi connectivity index (χ0) is 13.1. The number of amides is 1. The molecule has 5 nitrogen and oxygen atoms in total. The standard InChI is InChI=1S/C13H19N3O2/c1-10(17)12-5-4-11(8-14-12)16-7-3-6-15(2)13(18)9-16/h4-5,8,10,17H,3,6-7,9H2,1-2H3/t10-/m0/s1. The zero-order valence-electron chi connectivity index (χ0n) is 10.8. The van der Waals surface area contributed by atoms with Crippen molar-refractivity contribution in [1.82, 2.24) is 9.88 Å². The second kappa shape index (κ2) is 5.35. The maximum absolute atomic E-state index is 11.8. The van der Waals surface area contributed by atoms with Crippen molar-refractivity contribution in [3.05, 3.63) is 24.0 Å². The molecular formula is C13H19N3O2. The first kappa shape index (κ1) is 12.8. The van der Waals surface area contributed by atoms with Gasteiger partial charge in [-0.15, -0.1) is 0 Å². The zero-order valence-corrected chi connectivity index (χ0v) is 10.8. The molecule has 1 N–H and O–H groups in total. The number of likely N-dealkylation sites (N-methyl/N-ethyl adjacent to an activating group) is 1. The van der Waals surface area contributed by atoms with Crippen LogP contribution >= 0.6 is 0 Å². The summed E-state index contributed by atoms with van der Waals surface area (Å²) in [4.78, 5) is 19.8. The molecule has 2 rings (SSSR count). The minimum atomic E-state index is -0.559. The third-order valence-electron chi connectivity index (χ3n) is 3.24. The molecular weight excluding hydrogens is 230 g/mol. The van der Waals surface area contributed by atoms with Crippen molar-refractivity contribution in [2.75, 3.05) is 31.6 Å². The van der Waals surface area contributed by atoms with Gasteiger partial charge in [0.2, 0.25) is 5.91 Å². The van der Waals surface area contributed by atoms with E-state index >= 15 is 0 Å². The van der Waals surface area contributed by atoms with E-state index in [4.69, 9.17) is 0 Å². The number of rotatable bonds is 2. The van der Waals surface area contributed by atoms with Crippen molar-refractivity contribution in [2.45, 2.75) is 19.4 Å². The van der Waals surface area contributed by atoms with Crippen molar-refractivity contribution < 1.29 is 9.90 Å². The van der Waals surface area contributed by atoms with Crippen LogP contribution in [0, 0.1) is 0 Å². The van der Waals surface area contributed by atoms with E-state index in [2.05, 4.69) is 4.98 Å². The highest BCUT2D eigenvalue weighted by molar-refractivity contribution is 5.81. The second-order valence-electron chi connectivity index (χ2n) is 4.71. The molecule has 18 heavy (non-hydrogen) atoms. The summed E-state index contributed by atoms with van der Waals surface area (Å²) in [5.41, 5.74) is 1.58. The lowest BCUT2D eigenvalue weighted by molar-refractivity contribution is -0.127. The SMILES string of the molecule is C[C@H](O)c1ccc(N2CCCN(C)C(=O)C2)cn1. The van der Waals surface area contributed by atoms with E-state index in [0.717, 1.165) is 25.2 Å². The number of hydrogen-bond donors (Lipinski definition) is 1. The molecule has 0 bridgehead atoms. The largest absolute Gasteiger partial charge is 0.387 e. The molecule has 1 fully saturated rings. The monoisotopic (exact) mass is 249 g/mol. The van der Waals surface area contributed by atoms with Crippen LogP contribution in [0.3, 0.4) is 0 Å². The van der Waals surface area contributed by atoms with Crippen molar-refractivity contribution in [3.8, 4) is 0 Å². The van der Waals surface area contributed by atoms with E-state index in [0.29, 0.717) is 12.2 Å². The molecule has 1 aliphatic rings. The van der Waals surface area contributed by atoms with Gasteiger partial charge in [-0.05, 0) is 25.5 Å². The Morgan fingerprint density at radius 1 is 1.39 bits per heavy atom. The van der Waals surface area contributed by atoms with E-state index in [9.17, 15) is 9.90 Å². The van der Waals surface area contributed by atoms with Crippen molar-refractivity contribution in [2.24, 2.45) is 0 Å². The van der Waals surface area contributed by atoms with Crippen molar-refractivity contribution in [1.29, 1.82) is 0 Å². The first-order valence-corrected chi connectivity index (χ1v) is 6.21. The predicted molar refractivity (Wildman–Crippen MR) is 69.3 cm³/mol. The molecule has 98 valence electrons. The fourth-order valence-corrected chi connectivity index (χ4v) is 2.04. The van der Waals surface area contributed by atoms with Gasteiger partial charge < -0.3 is 14.9 Å². The molecule has 0 radical (unpaired) electrons. The molecule has 0 saturated carbocycles. The Morgan fingerprint density at radius 3 is 2.78 bits per heavy atom. The highest BCUT2D eigenvalue weighted by Gasteiger charge is 2.19. The van der Waals surface area contributed by atoms with Crippen LogP contribution in [0.2, 0.25) is 0 Å². The van der Waals surface area contributed by atoms with E-state index in [1.54, 1.807) is 24.1 Å². The Bertz CT molecular complexity index is 417. The molecule has 2 heterocycles. The fourth-order valence-electron chi connectivity index (χ4n) is 2.04.